The topological polar surface area (TPSA) is 34.9 Å². The van der Waals surface area contributed by atoms with Gasteiger partial charge in [-0.05, 0) is 25.8 Å². The first-order chi connectivity index (χ1) is 9.81. The van der Waals surface area contributed by atoms with Crippen LogP contribution >= 0.6 is 0 Å². The van der Waals surface area contributed by atoms with Gasteiger partial charge in [-0.2, -0.15) is 0 Å². The summed E-state index contributed by atoms with van der Waals surface area (Å²) in [5.74, 6) is -0.0693. The fraction of sp³-hybridized carbons (Fsp3) is 0.176. The first-order valence-electron chi connectivity index (χ1n) is 6.72. The van der Waals surface area contributed by atoms with Gasteiger partial charge in [-0.1, -0.05) is 48.6 Å². The van der Waals surface area contributed by atoms with Crippen LogP contribution < -0.4 is 0 Å². The van der Waals surface area contributed by atoms with Gasteiger partial charge >= 0.3 is 0 Å². The molecule has 0 bridgehead atoms. The fourth-order valence-electron chi connectivity index (χ4n) is 1.83. The molecule has 0 aliphatic carbocycles. The van der Waals surface area contributed by atoms with Crippen molar-refractivity contribution in [2.75, 3.05) is 0 Å². The molecule has 0 atom stereocenters. The summed E-state index contributed by atoms with van der Waals surface area (Å²) in [5.41, 5.74) is 1.82. The van der Waals surface area contributed by atoms with Crippen LogP contribution in [-0.2, 0) is 0 Å². The molecule has 0 aliphatic rings. The first kappa shape index (κ1) is 14.0. The molecule has 1 heterocycles. The van der Waals surface area contributed by atoms with Crippen LogP contribution in [0.25, 0.3) is 11.3 Å². The molecule has 0 saturated heterocycles. The summed E-state index contributed by atoms with van der Waals surface area (Å²) in [6, 6.07) is 9.82. The standard InChI is InChI=1S/C17H18N2O/c1-2-3-4-5-9-12-17(20)19-13-16(18-14-19)15-10-7-6-8-11-15/h2-3,6-14H,4-5H2,1H3/b3-2-,12-9+. The van der Waals surface area contributed by atoms with Crippen LogP contribution in [0.4, 0.5) is 0 Å². The molecule has 1 aromatic heterocycles. The van der Waals surface area contributed by atoms with Crippen molar-refractivity contribution in [3.8, 4) is 11.3 Å². The third-order valence-corrected chi connectivity index (χ3v) is 2.90. The lowest BCUT2D eigenvalue weighted by Gasteiger charge is -1.95. The molecule has 0 saturated carbocycles. The number of hydrogen-bond donors (Lipinski definition) is 0. The van der Waals surface area contributed by atoms with E-state index in [2.05, 4.69) is 11.1 Å². The Morgan fingerprint density at radius 3 is 2.70 bits per heavy atom. The zero-order valence-corrected chi connectivity index (χ0v) is 11.6. The van der Waals surface area contributed by atoms with E-state index in [1.54, 1.807) is 18.6 Å². The van der Waals surface area contributed by atoms with Crippen molar-refractivity contribution < 1.29 is 4.79 Å². The highest BCUT2D eigenvalue weighted by Gasteiger charge is 2.04. The van der Waals surface area contributed by atoms with Crippen molar-refractivity contribution in [2.24, 2.45) is 0 Å². The Balaban J connectivity index is 2.00. The minimum absolute atomic E-state index is 0.0693. The molecule has 1 aromatic carbocycles. The summed E-state index contributed by atoms with van der Waals surface area (Å²) in [7, 11) is 0. The van der Waals surface area contributed by atoms with E-state index in [0.717, 1.165) is 24.1 Å². The van der Waals surface area contributed by atoms with E-state index in [0.29, 0.717) is 0 Å². The van der Waals surface area contributed by atoms with Crippen LogP contribution in [0.3, 0.4) is 0 Å². The summed E-state index contributed by atoms with van der Waals surface area (Å²) in [5, 5.41) is 0. The Morgan fingerprint density at radius 2 is 1.95 bits per heavy atom. The molecule has 0 N–H and O–H groups in total. The van der Waals surface area contributed by atoms with Gasteiger partial charge in [0.2, 0.25) is 0 Å². The fourth-order valence-corrected chi connectivity index (χ4v) is 1.83. The normalized spacial score (nSPS) is 11.4. The number of unbranched alkanes of at least 4 members (excludes halogenated alkanes) is 1. The number of carbonyl (C=O) groups is 1. The molecule has 2 aromatic rings. The SMILES string of the molecule is C/C=C\CC/C=C/C(=O)n1cnc(-c2ccccc2)c1. The van der Waals surface area contributed by atoms with Gasteiger partial charge in [-0.25, -0.2) is 4.98 Å². The van der Waals surface area contributed by atoms with Gasteiger partial charge in [-0.3, -0.25) is 9.36 Å². The summed E-state index contributed by atoms with van der Waals surface area (Å²) in [4.78, 5) is 16.2. The average Bonchev–Trinajstić information content (AvgIpc) is 2.98. The number of aromatic nitrogens is 2. The number of allylic oxidation sites excluding steroid dienone is 4. The average molecular weight is 266 g/mol. The van der Waals surface area contributed by atoms with Crippen molar-refractivity contribution in [1.82, 2.24) is 9.55 Å². The predicted octanol–water partition coefficient (Wildman–Crippen LogP) is 4.10. The lowest BCUT2D eigenvalue weighted by molar-refractivity contribution is 0.0968. The van der Waals surface area contributed by atoms with E-state index in [1.807, 2.05) is 49.4 Å². The molecule has 3 nitrogen and oxygen atoms in total. The molecule has 0 aliphatic heterocycles. The molecular formula is C17H18N2O. The quantitative estimate of drug-likeness (QED) is 0.464. The van der Waals surface area contributed by atoms with Crippen molar-refractivity contribution in [1.29, 1.82) is 0 Å². The Bertz CT molecular complexity index is 609. The third-order valence-electron chi connectivity index (χ3n) is 2.90. The zero-order chi connectivity index (χ0) is 14.2. The van der Waals surface area contributed by atoms with Gasteiger partial charge in [0, 0.05) is 11.8 Å². The predicted molar refractivity (Wildman–Crippen MR) is 81.5 cm³/mol. The van der Waals surface area contributed by atoms with E-state index in [1.165, 1.54) is 4.57 Å². The second kappa shape index (κ2) is 7.24. The van der Waals surface area contributed by atoms with Gasteiger partial charge in [0.15, 0.2) is 0 Å². The van der Waals surface area contributed by atoms with Crippen LogP contribution in [-0.4, -0.2) is 15.5 Å². The van der Waals surface area contributed by atoms with E-state index >= 15 is 0 Å². The molecule has 0 radical (unpaired) electrons. The Hall–Kier alpha value is -2.42. The number of hydrogen-bond acceptors (Lipinski definition) is 2. The number of benzene rings is 1. The monoisotopic (exact) mass is 266 g/mol. The largest absolute Gasteiger partial charge is 0.272 e. The zero-order valence-electron chi connectivity index (χ0n) is 11.6. The van der Waals surface area contributed by atoms with Crippen LogP contribution in [0.15, 0.2) is 67.2 Å². The van der Waals surface area contributed by atoms with Crippen molar-refractivity contribution in [2.45, 2.75) is 19.8 Å². The maximum Gasteiger partial charge on any atom is 0.255 e. The van der Waals surface area contributed by atoms with Crippen LogP contribution in [0.5, 0.6) is 0 Å². The Kier molecular flexibility index (Phi) is 5.07. The van der Waals surface area contributed by atoms with Crippen LogP contribution in [0.1, 0.15) is 24.6 Å². The molecular weight excluding hydrogens is 248 g/mol. The smallest absolute Gasteiger partial charge is 0.255 e. The van der Waals surface area contributed by atoms with E-state index < -0.39 is 0 Å². The van der Waals surface area contributed by atoms with Gasteiger partial charge < -0.3 is 0 Å². The van der Waals surface area contributed by atoms with Crippen LogP contribution in [0.2, 0.25) is 0 Å². The number of imidazole rings is 1. The molecule has 20 heavy (non-hydrogen) atoms. The molecule has 0 amide bonds. The highest BCUT2D eigenvalue weighted by atomic mass is 16.1. The summed E-state index contributed by atoms with van der Waals surface area (Å²) in [6.07, 6.45) is 12.7. The number of nitrogens with zero attached hydrogens (tertiary/aromatic N) is 2. The van der Waals surface area contributed by atoms with Crippen molar-refractivity contribution in [3.63, 3.8) is 0 Å². The Morgan fingerprint density at radius 1 is 1.20 bits per heavy atom. The van der Waals surface area contributed by atoms with E-state index in [-0.39, 0.29) is 5.91 Å². The summed E-state index contributed by atoms with van der Waals surface area (Å²) >= 11 is 0. The van der Waals surface area contributed by atoms with Gasteiger partial charge in [0.25, 0.3) is 5.91 Å². The summed E-state index contributed by atoms with van der Waals surface area (Å²) < 4.78 is 1.51. The molecule has 0 fully saturated rings. The lowest BCUT2D eigenvalue weighted by Crippen LogP contribution is -2.03. The van der Waals surface area contributed by atoms with E-state index in [9.17, 15) is 4.79 Å². The summed E-state index contributed by atoms with van der Waals surface area (Å²) in [6.45, 7) is 1.99. The Labute approximate surface area is 119 Å². The molecule has 3 heteroatoms. The molecule has 0 spiro atoms. The van der Waals surface area contributed by atoms with Gasteiger partial charge in [0.1, 0.15) is 6.33 Å². The maximum atomic E-state index is 11.9. The first-order valence-corrected chi connectivity index (χ1v) is 6.72. The van der Waals surface area contributed by atoms with Gasteiger partial charge in [0.05, 0.1) is 5.69 Å². The third kappa shape index (κ3) is 3.79. The highest BCUT2D eigenvalue weighted by molar-refractivity contribution is 5.90. The van der Waals surface area contributed by atoms with Crippen molar-refractivity contribution in [3.05, 3.63) is 67.2 Å². The number of rotatable bonds is 5. The second-order valence-corrected chi connectivity index (χ2v) is 4.42. The van der Waals surface area contributed by atoms with E-state index in [4.69, 9.17) is 0 Å². The number of carbonyl (C=O) groups excluding carboxylic acids is 1. The maximum absolute atomic E-state index is 11.9. The van der Waals surface area contributed by atoms with Crippen LogP contribution in [0, 0.1) is 0 Å². The molecule has 2 rings (SSSR count). The highest BCUT2D eigenvalue weighted by Crippen LogP contribution is 2.15. The molecule has 102 valence electrons. The minimum atomic E-state index is -0.0693. The second-order valence-electron chi connectivity index (χ2n) is 4.42. The van der Waals surface area contributed by atoms with Gasteiger partial charge in [-0.15, -0.1) is 0 Å². The lowest BCUT2D eigenvalue weighted by atomic mass is 10.2. The van der Waals surface area contributed by atoms with Crippen molar-refractivity contribution >= 4 is 5.91 Å². The molecule has 0 unspecified atom stereocenters. The minimum Gasteiger partial charge on any atom is -0.272 e.